The molecule has 0 fully saturated rings. The number of hydrogen-bond acceptors (Lipinski definition) is 2. The second-order valence-electron chi connectivity index (χ2n) is 4.39. The summed E-state index contributed by atoms with van der Waals surface area (Å²) in [6, 6.07) is 12.1. The molecule has 0 amide bonds. The number of rotatable bonds is 3. The van der Waals surface area contributed by atoms with E-state index in [1.807, 2.05) is 18.2 Å². The first-order valence-electron chi connectivity index (χ1n) is 5.96. The van der Waals surface area contributed by atoms with Gasteiger partial charge in [-0.2, -0.15) is 0 Å². The van der Waals surface area contributed by atoms with Gasteiger partial charge in [0.2, 0.25) is 0 Å². The molecular weight excluding hydrogens is 309 g/mol. The minimum absolute atomic E-state index is 0.290. The molecule has 100 valence electrons. The van der Waals surface area contributed by atoms with Crippen LogP contribution in [0.15, 0.2) is 46.9 Å². The largest absolute Gasteiger partial charge is 0.389 e. The molecule has 0 aromatic heterocycles. The second kappa shape index (κ2) is 5.72. The molecule has 2 aromatic rings. The van der Waals surface area contributed by atoms with Crippen LogP contribution in [0.4, 0.5) is 15.8 Å². The summed E-state index contributed by atoms with van der Waals surface area (Å²) in [6.07, 6.45) is -0.614. The Kier molecular flexibility index (Phi) is 4.22. The van der Waals surface area contributed by atoms with Gasteiger partial charge in [0, 0.05) is 22.8 Å². The maximum atomic E-state index is 13.8. The summed E-state index contributed by atoms with van der Waals surface area (Å²) in [5.74, 6) is -0.290. The van der Waals surface area contributed by atoms with E-state index in [0.717, 1.165) is 15.7 Å². The highest BCUT2D eigenvalue weighted by molar-refractivity contribution is 9.10. The molecule has 19 heavy (non-hydrogen) atoms. The van der Waals surface area contributed by atoms with Gasteiger partial charge in [-0.05, 0) is 31.2 Å². The molecule has 0 aliphatic heterocycles. The van der Waals surface area contributed by atoms with Crippen molar-refractivity contribution in [3.8, 4) is 0 Å². The van der Waals surface area contributed by atoms with E-state index < -0.39 is 6.10 Å². The van der Waals surface area contributed by atoms with E-state index in [0.29, 0.717) is 5.69 Å². The summed E-state index contributed by atoms with van der Waals surface area (Å²) in [6.45, 7) is 1.70. The Labute approximate surface area is 120 Å². The van der Waals surface area contributed by atoms with Gasteiger partial charge >= 0.3 is 0 Å². The summed E-state index contributed by atoms with van der Waals surface area (Å²) in [7, 11) is 1.78. The van der Waals surface area contributed by atoms with Gasteiger partial charge < -0.3 is 10.0 Å². The summed E-state index contributed by atoms with van der Waals surface area (Å²) >= 11 is 3.40. The Morgan fingerprint density at radius 2 is 1.84 bits per heavy atom. The van der Waals surface area contributed by atoms with Crippen LogP contribution >= 0.6 is 15.9 Å². The predicted molar refractivity (Wildman–Crippen MR) is 79.2 cm³/mol. The van der Waals surface area contributed by atoms with Crippen LogP contribution in [0.5, 0.6) is 0 Å². The van der Waals surface area contributed by atoms with Crippen LogP contribution in [0.25, 0.3) is 0 Å². The van der Waals surface area contributed by atoms with Crippen molar-refractivity contribution in [3.63, 3.8) is 0 Å². The molecular formula is C15H15BrFNO. The van der Waals surface area contributed by atoms with Gasteiger partial charge in [-0.1, -0.05) is 34.1 Å². The Hall–Kier alpha value is -1.39. The Morgan fingerprint density at radius 1 is 1.16 bits per heavy atom. The average molecular weight is 324 g/mol. The molecule has 0 radical (unpaired) electrons. The van der Waals surface area contributed by atoms with Crippen LogP contribution in [0.2, 0.25) is 0 Å². The smallest absolute Gasteiger partial charge is 0.146 e. The lowest BCUT2D eigenvalue weighted by atomic mass is 10.1. The van der Waals surface area contributed by atoms with Crippen LogP contribution < -0.4 is 4.90 Å². The third kappa shape index (κ3) is 2.96. The third-order valence-electron chi connectivity index (χ3n) is 3.02. The zero-order valence-corrected chi connectivity index (χ0v) is 12.4. The fourth-order valence-corrected chi connectivity index (χ4v) is 2.36. The van der Waals surface area contributed by atoms with Gasteiger partial charge in [-0.15, -0.1) is 0 Å². The van der Waals surface area contributed by atoms with Gasteiger partial charge in [0.05, 0.1) is 11.8 Å². The van der Waals surface area contributed by atoms with Crippen molar-refractivity contribution in [2.24, 2.45) is 0 Å². The molecule has 1 N–H and O–H groups in total. The molecule has 0 aliphatic carbocycles. The normalized spacial score (nSPS) is 12.3. The van der Waals surface area contributed by atoms with Crippen molar-refractivity contribution < 1.29 is 9.50 Å². The molecule has 0 spiro atoms. The Balaban J connectivity index is 2.52. The highest BCUT2D eigenvalue weighted by atomic mass is 79.9. The number of nitrogens with zero attached hydrogens (tertiary/aromatic N) is 1. The summed E-state index contributed by atoms with van der Waals surface area (Å²) in [5, 5.41) is 9.82. The van der Waals surface area contributed by atoms with Crippen LogP contribution in [0, 0.1) is 5.82 Å². The fourth-order valence-electron chi connectivity index (χ4n) is 2.01. The number of halogens is 2. The summed E-state index contributed by atoms with van der Waals surface area (Å²) in [4.78, 5) is 1.74. The van der Waals surface area contributed by atoms with E-state index in [1.165, 1.54) is 6.07 Å². The van der Waals surface area contributed by atoms with Crippen molar-refractivity contribution in [2.75, 3.05) is 11.9 Å². The lowest BCUT2D eigenvalue weighted by molar-refractivity contribution is 0.200. The maximum absolute atomic E-state index is 13.8. The number of aliphatic hydroxyl groups is 1. The van der Waals surface area contributed by atoms with Crippen molar-refractivity contribution >= 4 is 27.3 Å². The van der Waals surface area contributed by atoms with Crippen molar-refractivity contribution in [1.82, 2.24) is 0 Å². The quantitative estimate of drug-likeness (QED) is 0.904. The first-order chi connectivity index (χ1) is 9.00. The summed E-state index contributed by atoms with van der Waals surface area (Å²) in [5.41, 5.74) is 2.01. The van der Waals surface area contributed by atoms with Gasteiger partial charge in [0.15, 0.2) is 0 Å². The highest BCUT2D eigenvalue weighted by Crippen LogP contribution is 2.34. The predicted octanol–water partition coefficient (Wildman–Crippen LogP) is 4.41. The zero-order chi connectivity index (χ0) is 14.0. The standard InChI is InChI=1S/C15H15BrFNO/c1-10(19)12-8-7-11(16)9-15(12)18(2)14-6-4-3-5-13(14)17/h3-10,19H,1-2H3. The molecule has 0 saturated heterocycles. The van der Waals surface area contributed by atoms with E-state index >= 15 is 0 Å². The van der Waals surface area contributed by atoms with E-state index in [4.69, 9.17) is 0 Å². The monoisotopic (exact) mass is 323 g/mol. The Bertz CT molecular complexity index is 586. The number of aliphatic hydroxyl groups excluding tert-OH is 1. The zero-order valence-electron chi connectivity index (χ0n) is 10.8. The van der Waals surface area contributed by atoms with Crippen LogP contribution in [0.1, 0.15) is 18.6 Å². The number of hydrogen-bond donors (Lipinski definition) is 1. The highest BCUT2D eigenvalue weighted by Gasteiger charge is 2.15. The molecule has 0 bridgehead atoms. The van der Waals surface area contributed by atoms with E-state index in [1.54, 1.807) is 37.1 Å². The molecule has 2 aromatic carbocycles. The van der Waals surface area contributed by atoms with Gasteiger partial charge in [-0.3, -0.25) is 0 Å². The first kappa shape index (κ1) is 14.0. The lowest BCUT2D eigenvalue weighted by Gasteiger charge is -2.24. The molecule has 0 heterocycles. The van der Waals surface area contributed by atoms with Crippen molar-refractivity contribution in [3.05, 3.63) is 58.3 Å². The minimum atomic E-state index is -0.614. The first-order valence-corrected chi connectivity index (χ1v) is 6.75. The molecule has 0 aliphatic rings. The molecule has 2 rings (SSSR count). The average Bonchev–Trinajstić information content (AvgIpc) is 2.38. The molecule has 0 saturated carbocycles. The van der Waals surface area contributed by atoms with Crippen molar-refractivity contribution in [1.29, 1.82) is 0 Å². The van der Waals surface area contributed by atoms with Crippen LogP contribution in [-0.2, 0) is 0 Å². The van der Waals surface area contributed by atoms with Crippen LogP contribution in [-0.4, -0.2) is 12.2 Å². The number of para-hydroxylation sites is 1. The lowest BCUT2D eigenvalue weighted by Crippen LogP contribution is -2.14. The molecule has 1 unspecified atom stereocenters. The van der Waals surface area contributed by atoms with Gasteiger partial charge in [0.1, 0.15) is 5.82 Å². The van der Waals surface area contributed by atoms with Gasteiger partial charge in [0.25, 0.3) is 0 Å². The topological polar surface area (TPSA) is 23.5 Å². The molecule has 2 nitrogen and oxygen atoms in total. The van der Waals surface area contributed by atoms with E-state index in [-0.39, 0.29) is 5.82 Å². The second-order valence-corrected chi connectivity index (χ2v) is 5.31. The SMILES string of the molecule is CC(O)c1ccc(Br)cc1N(C)c1ccccc1F. The van der Waals surface area contributed by atoms with Crippen LogP contribution in [0.3, 0.4) is 0 Å². The molecule has 1 atom stereocenters. The fraction of sp³-hybridized carbons (Fsp3) is 0.200. The molecule has 4 heteroatoms. The third-order valence-corrected chi connectivity index (χ3v) is 3.51. The van der Waals surface area contributed by atoms with E-state index in [2.05, 4.69) is 15.9 Å². The van der Waals surface area contributed by atoms with Gasteiger partial charge in [-0.25, -0.2) is 4.39 Å². The van der Waals surface area contributed by atoms with E-state index in [9.17, 15) is 9.50 Å². The summed E-state index contributed by atoms with van der Waals surface area (Å²) < 4.78 is 14.7. The van der Waals surface area contributed by atoms with Crippen molar-refractivity contribution in [2.45, 2.75) is 13.0 Å². The minimum Gasteiger partial charge on any atom is -0.389 e. The number of benzene rings is 2. The Morgan fingerprint density at radius 3 is 2.47 bits per heavy atom. The number of anilines is 2. The maximum Gasteiger partial charge on any atom is 0.146 e.